The van der Waals surface area contributed by atoms with Crippen LogP contribution in [0.2, 0.25) is 5.02 Å². The maximum atomic E-state index is 6.05. The van der Waals surface area contributed by atoms with Crippen molar-refractivity contribution < 1.29 is 0 Å². The summed E-state index contributed by atoms with van der Waals surface area (Å²) in [7, 11) is 0. The summed E-state index contributed by atoms with van der Waals surface area (Å²) in [6.07, 6.45) is 4.33. The first kappa shape index (κ1) is 14.1. The van der Waals surface area contributed by atoms with Crippen molar-refractivity contribution in [2.75, 3.05) is 0 Å². The molecule has 0 saturated heterocycles. The molecule has 1 aromatic carbocycles. The molecule has 0 aliphatic heterocycles. The molecule has 1 aromatic heterocycles. The van der Waals surface area contributed by atoms with E-state index in [2.05, 4.69) is 36.3 Å². The number of nitrogens with zero attached hydrogens (tertiary/aromatic N) is 1. The molecule has 106 valence electrons. The van der Waals surface area contributed by atoms with Crippen molar-refractivity contribution in [2.45, 2.75) is 44.7 Å². The van der Waals surface area contributed by atoms with Crippen molar-refractivity contribution in [1.82, 2.24) is 10.3 Å². The summed E-state index contributed by atoms with van der Waals surface area (Å²) in [6, 6.07) is 9.19. The summed E-state index contributed by atoms with van der Waals surface area (Å²) in [5.74, 6) is 0.649. The van der Waals surface area contributed by atoms with Gasteiger partial charge in [0, 0.05) is 22.1 Å². The highest BCUT2D eigenvalue weighted by molar-refractivity contribution is 7.11. The van der Waals surface area contributed by atoms with Crippen LogP contribution in [-0.2, 0) is 0 Å². The van der Waals surface area contributed by atoms with Gasteiger partial charge in [0.1, 0.15) is 5.01 Å². The van der Waals surface area contributed by atoms with E-state index in [-0.39, 0.29) is 0 Å². The van der Waals surface area contributed by atoms with E-state index < -0.39 is 0 Å². The van der Waals surface area contributed by atoms with E-state index >= 15 is 0 Å². The van der Waals surface area contributed by atoms with Gasteiger partial charge in [0.05, 0.1) is 6.04 Å². The second kappa shape index (κ2) is 5.84. The Morgan fingerprint density at radius 3 is 2.85 bits per heavy atom. The molecule has 1 N–H and O–H groups in total. The molecule has 2 nitrogen and oxygen atoms in total. The van der Waals surface area contributed by atoms with E-state index in [1.165, 1.54) is 28.3 Å². The molecule has 0 bridgehead atoms. The lowest BCUT2D eigenvalue weighted by atomic mass is 9.75. The minimum atomic E-state index is 0.346. The van der Waals surface area contributed by atoms with Crippen molar-refractivity contribution in [3.05, 3.63) is 50.9 Å². The van der Waals surface area contributed by atoms with Gasteiger partial charge < -0.3 is 5.32 Å². The zero-order chi connectivity index (χ0) is 14.1. The molecule has 20 heavy (non-hydrogen) atoms. The minimum Gasteiger partial charge on any atom is -0.305 e. The van der Waals surface area contributed by atoms with Crippen LogP contribution in [0.25, 0.3) is 0 Å². The van der Waals surface area contributed by atoms with Crippen LogP contribution in [0.3, 0.4) is 0 Å². The molecule has 0 amide bonds. The Labute approximate surface area is 129 Å². The first-order valence-electron chi connectivity index (χ1n) is 7.05. The number of hydrogen-bond acceptors (Lipinski definition) is 3. The van der Waals surface area contributed by atoms with Crippen molar-refractivity contribution in [3.63, 3.8) is 0 Å². The Balaban J connectivity index is 1.53. The van der Waals surface area contributed by atoms with Crippen molar-refractivity contribution in [3.8, 4) is 0 Å². The number of hydrogen-bond donors (Lipinski definition) is 1. The van der Waals surface area contributed by atoms with Crippen LogP contribution in [0.4, 0.5) is 0 Å². The lowest BCUT2D eigenvalue weighted by Gasteiger charge is -2.38. The van der Waals surface area contributed by atoms with Gasteiger partial charge in [-0.3, -0.25) is 0 Å². The molecule has 4 heteroatoms. The zero-order valence-electron chi connectivity index (χ0n) is 11.8. The average Bonchev–Trinajstić information content (AvgIpc) is 2.80. The highest BCUT2D eigenvalue weighted by Gasteiger charge is 2.31. The highest BCUT2D eigenvalue weighted by Crippen LogP contribution is 2.38. The number of nitrogens with one attached hydrogen (secondary N) is 1. The normalized spacial score (nSPS) is 23.4. The van der Waals surface area contributed by atoms with Crippen LogP contribution in [0.5, 0.6) is 0 Å². The number of aromatic nitrogens is 1. The van der Waals surface area contributed by atoms with Gasteiger partial charge in [-0.25, -0.2) is 4.98 Å². The monoisotopic (exact) mass is 306 g/mol. The van der Waals surface area contributed by atoms with Crippen LogP contribution < -0.4 is 5.32 Å². The molecular formula is C16H19ClN2S. The van der Waals surface area contributed by atoms with Gasteiger partial charge in [-0.1, -0.05) is 23.7 Å². The number of aryl methyl sites for hydroxylation is 1. The number of rotatable bonds is 4. The number of benzene rings is 1. The summed E-state index contributed by atoms with van der Waals surface area (Å²) in [5, 5.41) is 5.70. The van der Waals surface area contributed by atoms with Gasteiger partial charge in [-0.15, -0.1) is 11.3 Å². The summed E-state index contributed by atoms with van der Waals surface area (Å²) >= 11 is 7.83. The van der Waals surface area contributed by atoms with E-state index in [9.17, 15) is 0 Å². The molecule has 0 spiro atoms. The third kappa shape index (κ3) is 3.05. The number of thiazole rings is 1. The lowest BCUT2D eigenvalue weighted by Crippen LogP contribution is -2.41. The average molecular weight is 307 g/mol. The fraction of sp³-hybridized carbons (Fsp3) is 0.438. The summed E-state index contributed by atoms with van der Waals surface area (Å²) in [5.41, 5.74) is 1.37. The molecule has 1 aliphatic carbocycles. The fourth-order valence-corrected chi connectivity index (χ4v) is 3.77. The van der Waals surface area contributed by atoms with Crippen LogP contribution in [0.15, 0.2) is 30.5 Å². The van der Waals surface area contributed by atoms with Gasteiger partial charge >= 0.3 is 0 Å². The first-order chi connectivity index (χ1) is 9.61. The minimum absolute atomic E-state index is 0.346. The molecule has 1 atom stereocenters. The third-order valence-corrected chi connectivity index (χ3v) is 5.28. The Morgan fingerprint density at radius 2 is 2.20 bits per heavy atom. The van der Waals surface area contributed by atoms with E-state index in [1.54, 1.807) is 11.3 Å². The predicted octanol–water partition coefficient (Wildman–Crippen LogP) is 4.70. The van der Waals surface area contributed by atoms with Gasteiger partial charge in [-0.2, -0.15) is 0 Å². The predicted molar refractivity (Wildman–Crippen MR) is 85.6 cm³/mol. The Morgan fingerprint density at radius 1 is 1.40 bits per heavy atom. The molecular weight excluding hydrogens is 288 g/mol. The highest BCUT2D eigenvalue weighted by atomic mass is 35.5. The smallest absolute Gasteiger partial charge is 0.109 e. The largest absolute Gasteiger partial charge is 0.305 e. The van der Waals surface area contributed by atoms with Gasteiger partial charge in [0.15, 0.2) is 0 Å². The Bertz CT molecular complexity index is 590. The third-order valence-electron chi connectivity index (χ3n) is 3.95. The van der Waals surface area contributed by atoms with Gasteiger partial charge in [0.25, 0.3) is 0 Å². The Kier molecular flexibility index (Phi) is 4.11. The summed E-state index contributed by atoms with van der Waals surface area (Å²) in [6.45, 7) is 4.30. The maximum Gasteiger partial charge on any atom is 0.109 e. The maximum absolute atomic E-state index is 6.05. The van der Waals surface area contributed by atoms with Crippen LogP contribution in [0.1, 0.15) is 47.2 Å². The van der Waals surface area contributed by atoms with Crippen LogP contribution in [0, 0.1) is 6.92 Å². The number of halogens is 1. The molecule has 1 saturated carbocycles. The SMILES string of the molecule is Cc1cnc(C(C)NC2CC(c3cccc(Cl)c3)C2)s1. The van der Waals surface area contributed by atoms with E-state index in [4.69, 9.17) is 11.6 Å². The standard InChI is InChI=1S/C16H19ClN2S/c1-10-9-18-16(20-10)11(2)19-15-7-13(8-15)12-4-3-5-14(17)6-12/h3-6,9,11,13,15,19H,7-8H2,1-2H3. The second-order valence-electron chi connectivity index (χ2n) is 5.62. The first-order valence-corrected chi connectivity index (χ1v) is 8.25. The van der Waals surface area contributed by atoms with E-state index in [0.717, 1.165) is 5.02 Å². The molecule has 1 heterocycles. The van der Waals surface area contributed by atoms with Crippen LogP contribution in [-0.4, -0.2) is 11.0 Å². The van der Waals surface area contributed by atoms with E-state index in [1.807, 2.05) is 18.3 Å². The molecule has 3 rings (SSSR count). The summed E-state index contributed by atoms with van der Waals surface area (Å²) < 4.78 is 0. The Hall–Kier alpha value is -0.900. The second-order valence-corrected chi connectivity index (χ2v) is 7.32. The van der Waals surface area contributed by atoms with Crippen LogP contribution >= 0.6 is 22.9 Å². The van der Waals surface area contributed by atoms with E-state index in [0.29, 0.717) is 18.0 Å². The zero-order valence-corrected chi connectivity index (χ0v) is 13.3. The van der Waals surface area contributed by atoms with Gasteiger partial charge in [-0.05, 0) is 50.3 Å². The lowest BCUT2D eigenvalue weighted by molar-refractivity contribution is 0.270. The van der Waals surface area contributed by atoms with Crippen molar-refractivity contribution >= 4 is 22.9 Å². The molecule has 1 unspecified atom stereocenters. The van der Waals surface area contributed by atoms with Crippen molar-refractivity contribution in [2.24, 2.45) is 0 Å². The van der Waals surface area contributed by atoms with Gasteiger partial charge in [0.2, 0.25) is 0 Å². The summed E-state index contributed by atoms with van der Waals surface area (Å²) in [4.78, 5) is 5.73. The molecule has 0 radical (unpaired) electrons. The molecule has 1 aliphatic rings. The molecule has 1 fully saturated rings. The fourth-order valence-electron chi connectivity index (χ4n) is 2.78. The quantitative estimate of drug-likeness (QED) is 0.885. The van der Waals surface area contributed by atoms with Crippen molar-refractivity contribution in [1.29, 1.82) is 0 Å². The molecule has 2 aromatic rings. The topological polar surface area (TPSA) is 24.9 Å².